The van der Waals surface area contributed by atoms with Gasteiger partial charge in [-0.3, -0.25) is 9.59 Å². The quantitative estimate of drug-likeness (QED) is 0.163. The summed E-state index contributed by atoms with van der Waals surface area (Å²) < 4.78 is 0. The Morgan fingerprint density at radius 3 is 2.38 bits per heavy atom. The standard InChI is InChI=1S/C23H23N4O3S.Fm/c28-16-24-14-8-7-13-19(25-21(29)18-11-5-2-6-12-18)22(30)27-23-26-20(15-31-23)17-9-3-1-4-10-17;/h1-6,9-12,15,19H,7-8,13-14H2,(H,24,28)(H,25,29)(H,26,27,30);/q-1;/t19-;/m0./s1. The van der Waals surface area contributed by atoms with Gasteiger partial charge in [0.1, 0.15) is 6.04 Å². The van der Waals surface area contributed by atoms with Crippen LogP contribution in [0.3, 0.4) is 0 Å². The number of benzene rings is 2. The van der Waals surface area contributed by atoms with Crippen LogP contribution in [0.4, 0.5) is 5.13 Å². The van der Waals surface area contributed by atoms with E-state index in [2.05, 4.69) is 20.9 Å². The van der Waals surface area contributed by atoms with Crippen molar-refractivity contribution in [2.24, 2.45) is 0 Å². The van der Waals surface area contributed by atoms with Gasteiger partial charge in [-0.15, -0.1) is 11.3 Å². The molecule has 9 heteroatoms. The molecule has 1 aromatic heterocycles. The summed E-state index contributed by atoms with van der Waals surface area (Å²) in [6, 6.07) is 17.7. The van der Waals surface area contributed by atoms with Gasteiger partial charge >= 0.3 is 0 Å². The number of carbonyl (C=O) groups is 2. The molecule has 0 bridgehead atoms. The van der Waals surface area contributed by atoms with Crippen molar-refractivity contribution in [2.75, 3.05) is 11.9 Å². The summed E-state index contributed by atoms with van der Waals surface area (Å²) in [6.07, 6.45) is 3.38. The zero-order valence-electron chi connectivity index (χ0n) is 17.1. The van der Waals surface area contributed by atoms with Crippen molar-refractivity contribution in [3.05, 3.63) is 71.6 Å². The summed E-state index contributed by atoms with van der Waals surface area (Å²) in [5, 5.41) is 10.5. The fourth-order valence-electron chi connectivity index (χ4n) is 2.98. The van der Waals surface area contributed by atoms with Crippen LogP contribution in [0.25, 0.3) is 11.3 Å². The third kappa shape index (κ3) is 6.77. The van der Waals surface area contributed by atoms with E-state index in [9.17, 15) is 14.4 Å². The average molecular weight is 693 g/mol. The summed E-state index contributed by atoms with van der Waals surface area (Å²) in [7, 11) is 0. The normalized spacial score (nSPS) is 11.0. The Hall–Kier alpha value is -4.52. The Balaban J connectivity index is 0.00000363. The van der Waals surface area contributed by atoms with Crippen molar-refractivity contribution < 1.29 is 14.4 Å². The van der Waals surface area contributed by atoms with Gasteiger partial charge in [-0.25, -0.2) is 4.98 Å². The number of aromatic nitrogens is 1. The van der Waals surface area contributed by atoms with Crippen molar-refractivity contribution in [2.45, 2.75) is 25.3 Å². The molecule has 0 aliphatic carbocycles. The molecule has 3 N–H and O–H groups in total. The monoisotopic (exact) mass is 692 g/mol. The molecule has 3 aromatic rings. The molecule has 2 aromatic carbocycles. The first-order chi connectivity index (χ1) is 15.2. The van der Waals surface area contributed by atoms with E-state index in [0.29, 0.717) is 36.5 Å². The number of unbranched alkanes of at least 4 members (excludes halogenated alkanes) is 1. The molecule has 0 radical (unpaired) electrons. The fraction of sp³-hybridized carbons (Fsp3) is 0.217. The fourth-order valence-corrected chi connectivity index (χ4v) is 3.70. The molecule has 0 unspecified atom stereocenters. The molecule has 172 valence electrons. The third-order valence-corrected chi connectivity index (χ3v) is 5.34. The first kappa shape index (κ1) is 23.8. The van der Waals surface area contributed by atoms with Crippen molar-refractivity contribution in [1.82, 2.24) is 15.6 Å². The van der Waals surface area contributed by atoms with E-state index in [4.69, 9.17) is 0 Å². The van der Waals surface area contributed by atoms with Gasteiger partial charge in [0, 0.05) is 16.5 Å². The molecule has 7 nitrogen and oxygen atoms in total. The number of carbonyl (C=O) groups excluding carboxylic acids is 3. The topological polar surface area (TPSA) is 100 Å². The third-order valence-electron chi connectivity index (χ3n) is 4.58. The first-order valence-electron chi connectivity index (χ1n) is 9.95. The van der Waals surface area contributed by atoms with Crippen molar-refractivity contribution >= 4 is 34.7 Å². The van der Waals surface area contributed by atoms with E-state index in [1.165, 1.54) is 11.3 Å². The van der Waals surface area contributed by atoms with Crippen molar-refractivity contribution in [3.8, 4) is 11.3 Å². The van der Waals surface area contributed by atoms with Crippen LogP contribution in [-0.4, -0.2) is 35.8 Å². The number of hydrogen-bond donors (Lipinski definition) is 3. The van der Waals surface area contributed by atoms with Gasteiger partial charge in [0.25, 0.3) is 5.91 Å². The van der Waals surface area contributed by atoms with Crippen LogP contribution in [-0.2, 0) is 9.59 Å². The Morgan fingerprint density at radius 1 is 1.00 bits per heavy atom. The number of rotatable bonds is 11. The van der Waals surface area contributed by atoms with Crippen LogP contribution in [0.5, 0.6) is 0 Å². The zero-order valence-corrected chi connectivity index (χ0v) is 20.3. The van der Waals surface area contributed by atoms with Gasteiger partial charge in [-0.05, 0) is 37.9 Å². The Labute approximate surface area is 184 Å². The maximum absolute atomic E-state index is 12.9. The molecular formula is C23H23FmN4O3S-. The predicted octanol–water partition coefficient (Wildman–Crippen LogP) is 3.37. The Bertz CT molecular complexity index is 999. The minimum absolute atomic E-state index is 0. The molecule has 0 fully saturated rings. The SMILES string of the molecule is O=[C-]NCCCC[C@H](NC(=O)c1ccccc1)C(=O)Nc1nc(-c2ccccc2)cs1.[Fm]. The summed E-state index contributed by atoms with van der Waals surface area (Å²) >= 11 is 1.33. The maximum Gasteiger partial charge on any atom is 0.251 e. The summed E-state index contributed by atoms with van der Waals surface area (Å²) in [4.78, 5) is 40.2. The van der Waals surface area contributed by atoms with Gasteiger partial charge in [-0.2, -0.15) is 6.41 Å². The van der Waals surface area contributed by atoms with E-state index in [0.717, 1.165) is 11.3 Å². The number of nitrogens with zero attached hydrogens (tertiary/aromatic N) is 1. The second kappa shape index (κ2) is 12.2. The van der Waals surface area contributed by atoms with Gasteiger partial charge < -0.3 is 20.7 Å². The maximum atomic E-state index is 12.9. The van der Waals surface area contributed by atoms with Crippen LogP contribution < -0.4 is 16.0 Å². The largest absolute Gasteiger partial charge is 0.530 e. The second-order valence-electron chi connectivity index (χ2n) is 6.81. The molecule has 32 heavy (non-hydrogen) atoms. The number of nitrogens with one attached hydrogen (secondary N) is 3. The molecule has 0 saturated carbocycles. The number of hydrogen-bond acceptors (Lipinski definition) is 5. The van der Waals surface area contributed by atoms with Crippen LogP contribution in [0.15, 0.2) is 66.0 Å². The van der Waals surface area contributed by atoms with Crippen molar-refractivity contribution in [1.29, 1.82) is 0 Å². The second-order valence-corrected chi connectivity index (χ2v) is 7.67. The van der Waals surface area contributed by atoms with E-state index >= 15 is 0 Å². The Kier molecular flexibility index (Phi) is 9.09. The molecule has 0 aliphatic rings. The molecule has 1 heterocycles. The van der Waals surface area contributed by atoms with Gasteiger partial charge in [0.2, 0.25) is 5.91 Å². The smallest absolute Gasteiger partial charge is 0.251 e. The number of anilines is 1. The number of amides is 3. The zero-order chi connectivity index (χ0) is 21.9. The predicted molar refractivity (Wildman–Crippen MR) is 121 cm³/mol. The minimum atomic E-state index is -0.725. The van der Waals surface area contributed by atoms with Gasteiger partial charge in [-0.1, -0.05) is 48.5 Å². The van der Waals surface area contributed by atoms with Crippen LogP contribution in [0, 0.1) is 0 Å². The van der Waals surface area contributed by atoms with Crippen LogP contribution in [0.1, 0.15) is 29.6 Å². The average Bonchev–Trinajstić information content (AvgIpc) is 3.27. The van der Waals surface area contributed by atoms with E-state index in [-0.39, 0.29) is 11.8 Å². The summed E-state index contributed by atoms with van der Waals surface area (Å²) in [5.41, 5.74) is 2.23. The van der Waals surface area contributed by atoms with E-state index < -0.39 is 6.04 Å². The molecule has 0 saturated heterocycles. The molecule has 0 aliphatic heterocycles. The molecule has 1 atom stereocenters. The van der Waals surface area contributed by atoms with E-state index in [1.807, 2.05) is 41.8 Å². The first-order valence-corrected chi connectivity index (χ1v) is 10.8. The van der Waals surface area contributed by atoms with Crippen LogP contribution in [0.2, 0.25) is 0 Å². The Morgan fingerprint density at radius 2 is 1.69 bits per heavy atom. The molecule has 0 spiro atoms. The van der Waals surface area contributed by atoms with E-state index in [1.54, 1.807) is 30.7 Å². The summed E-state index contributed by atoms with van der Waals surface area (Å²) in [5.74, 6) is -0.641. The van der Waals surface area contributed by atoms with Gasteiger partial charge in [0.05, 0.1) is 5.69 Å². The molecular weight excluding hydrogens is 669 g/mol. The minimum Gasteiger partial charge on any atom is -0.530 e. The van der Waals surface area contributed by atoms with Gasteiger partial charge in [0.15, 0.2) is 5.13 Å². The molecule has 3 rings (SSSR count). The summed E-state index contributed by atoms with van der Waals surface area (Å²) in [6.45, 7) is 0.470. The van der Waals surface area contributed by atoms with Crippen LogP contribution >= 0.6 is 11.3 Å². The molecule has 3 amide bonds. The van der Waals surface area contributed by atoms with Crippen molar-refractivity contribution in [3.63, 3.8) is 0 Å². The number of thiazole rings is 1.